The summed E-state index contributed by atoms with van der Waals surface area (Å²) in [6, 6.07) is 2.03. The highest BCUT2D eigenvalue weighted by molar-refractivity contribution is 7.08. The summed E-state index contributed by atoms with van der Waals surface area (Å²) < 4.78 is 5.89. The van der Waals surface area contributed by atoms with E-state index in [1.54, 1.807) is 11.3 Å². The smallest absolute Gasteiger partial charge is 0.315 e. The number of hydrogen-bond acceptors (Lipinski definition) is 5. The molecule has 26 heavy (non-hydrogen) atoms. The van der Waals surface area contributed by atoms with E-state index in [1.165, 1.54) is 6.42 Å². The highest BCUT2D eigenvalue weighted by atomic mass is 32.1. The van der Waals surface area contributed by atoms with Crippen LogP contribution in [0.4, 0.5) is 0 Å². The minimum atomic E-state index is -0.479. The fourth-order valence-electron chi connectivity index (χ4n) is 4.54. The zero-order valence-electron chi connectivity index (χ0n) is 15.2. The van der Waals surface area contributed by atoms with Crippen LogP contribution in [0.3, 0.4) is 0 Å². The molecule has 0 saturated heterocycles. The number of rotatable bonds is 3. The van der Waals surface area contributed by atoms with Gasteiger partial charge in [0.05, 0.1) is 0 Å². The van der Waals surface area contributed by atoms with Gasteiger partial charge in [0.2, 0.25) is 0 Å². The molecule has 2 aliphatic carbocycles. The number of aliphatic imine (C=N–C) groups is 1. The molecule has 2 heterocycles. The van der Waals surface area contributed by atoms with E-state index in [1.807, 2.05) is 18.4 Å². The fourth-order valence-corrected chi connectivity index (χ4v) is 5.24. The third-order valence-corrected chi connectivity index (χ3v) is 6.53. The number of Topliss-reactive ketones (excluding diaryl/α,β-unsaturated/α-hetero) is 1. The zero-order chi connectivity index (χ0) is 18.1. The van der Waals surface area contributed by atoms with E-state index in [0.29, 0.717) is 6.42 Å². The summed E-state index contributed by atoms with van der Waals surface area (Å²) in [6.07, 6.45) is 7.61. The number of thiophene rings is 1. The van der Waals surface area contributed by atoms with Gasteiger partial charge >= 0.3 is 5.97 Å². The first-order chi connectivity index (χ1) is 12.6. The van der Waals surface area contributed by atoms with Crippen LogP contribution < -0.4 is 0 Å². The Hall–Kier alpha value is -1.75. The summed E-state index contributed by atoms with van der Waals surface area (Å²) in [4.78, 5) is 30.5. The topological polar surface area (TPSA) is 55.7 Å². The van der Waals surface area contributed by atoms with Gasteiger partial charge < -0.3 is 4.74 Å². The first-order valence-corrected chi connectivity index (χ1v) is 10.6. The van der Waals surface area contributed by atoms with Gasteiger partial charge in [0.15, 0.2) is 5.78 Å². The van der Waals surface area contributed by atoms with E-state index in [4.69, 9.17) is 4.74 Å². The zero-order valence-corrected chi connectivity index (χ0v) is 16.0. The third kappa shape index (κ3) is 3.29. The summed E-state index contributed by atoms with van der Waals surface area (Å²) in [6.45, 7) is 1.91. The maximum absolute atomic E-state index is 13.1. The standard InChI is InChI=1S/C21H25NO3S/c1-13-18(21(24)25-15-6-3-2-4-7-15)19(14-10-11-26-12-14)20-16(22-13)8-5-9-17(20)23/h10-12,15,18-19H,2-9H2,1H3/t18?,19-/m1/s1. The van der Waals surface area contributed by atoms with Crippen LogP contribution in [-0.4, -0.2) is 23.6 Å². The van der Waals surface area contributed by atoms with Crippen molar-refractivity contribution in [2.24, 2.45) is 10.9 Å². The van der Waals surface area contributed by atoms with Gasteiger partial charge in [-0.1, -0.05) is 6.42 Å². The van der Waals surface area contributed by atoms with Crippen molar-refractivity contribution in [2.45, 2.75) is 70.3 Å². The molecule has 3 aliphatic rings. The Morgan fingerprint density at radius 1 is 1.19 bits per heavy atom. The van der Waals surface area contributed by atoms with Crippen LogP contribution in [0.1, 0.15) is 69.8 Å². The lowest BCUT2D eigenvalue weighted by atomic mass is 9.72. The molecule has 4 rings (SSSR count). The number of ketones is 1. The first-order valence-electron chi connectivity index (χ1n) is 9.69. The Morgan fingerprint density at radius 3 is 2.73 bits per heavy atom. The molecule has 1 aromatic heterocycles. The lowest BCUT2D eigenvalue weighted by Crippen LogP contribution is -2.38. The molecule has 0 spiro atoms. The van der Waals surface area contributed by atoms with Gasteiger partial charge in [0, 0.05) is 29.3 Å². The second-order valence-electron chi connectivity index (χ2n) is 7.60. The van der Waals surface area contributed by atoms with E-state index in [0.717, 1.165) is 61.1 Å². The van der Waals surface area contributed by atoms with E-state index in [-0.39, 0.29) is 23.8 Å². The predicted octanol–water partition coefficient (Wildman–Crippen LogP) is 4.81. The maximum Gasteiger partial charge on any atom is 0.315 e. The van der Waals surface area contributed by atoms with Crippen molar-refractivity contribution in [1.29, 1.82) is 0 Å². The average molecular weight is 372 g/mol. The van der Waals surface area contributed by atoms with Gasteiger partial charge in [-0.3, -0.25) is 14.6 Å². The summed E-state index contributed by atoms with van der Waals surface area (Å²) in [5.74, 6) is -0.779. The van der Waals surface area contributed by atoms with E-state index < -0.39 is 5.92 Å². The molecule has 138 valence electrons. The third-order valence-electron chi connectivity index (χ3n) is 5.83. The Labute approximate surface area is 158 Å². The Balaban J connectivity index is 1.68. The molecule has 1 aromatic rings. The summed E-state index contributed by atoms with van der Waals surface area (Å²) in [7, 11) is 0. The van der Waals surface area contributed by atoms with Crippen molar-refractivity contribution in [1.82, 2.24) is 0 Å². The van der Waals surface area contributed by atoms with E-state index in [9.17, 15) is 9.59 Å². The summed E-state index contributed by atoms with van der Waals surface area (Å²) >= 11 is 1.60. The number of esters is 1. The van der Waals surface area contributed by atoms with Gasteiger partial charge in [-0.15, -0.1) is 0 Å². The van der Waals surface area contributed by atoms with Crippen molar-refractivity contribution in [3.63, 3.8) is 0 Å². The Kier molecular flexibility index (Phi) is 5.07. The molecule has 2 atom stereocenters. The maximum atomic E-state index is 13.1. The van der Waals surface area contributed by atoms with Crippen LogP contribution in [0, 0.1) is 5.92 Å². The minimum Gasteiger partial charge on any atom is -0.462 e. The summed E-state index contributed by atoms with van der Waals surface area (Å²) in [5, 5.41) is 4.06. The van der Waals surface area contributed by atoms with Crippen molar-refractivity contribution in [2.75, 3.05) is 0 Å². The van der Waals surface area contributed by atoms with Crippen LogP contribution in [0.2, 0.25) is 0 Å². The number of carbonyl (C=O) groups excluding carboxylic acids is 2. The first kappa shape index (κ1) is 17.7. The molecule has 1 saturated carbocycles. The highest BCUT2D eigenvalue weighted by Crippen LogP contribution is 2.44. The van der Waals surface area contributed by atoms with Crippen molar-refractivity contribution < 1.29 is 14.3 Å². The van der Waals surface area contributed by atoms with Crippen LogP contribution in [0.5, 0.6) is 0 Å². The monoisotopic (exact) mass is 371 g/mol. The Bertz CT molecular complexity index is 756. The van der Waals surface area contributed by atoms with Gasteiger partial charge in [-0.2, -0.15) is 11.3 Å². The lowest BCUT2D eigenvalue weighted by Gasteiger charge is -2.35. The van der Waals surface area contributed by atoms with Crippen molar-refractivity contribution >= 4 is 28.8 Å². The summed E-state index contributed by atoms with van der Waals surface area (Å²) in [5.41, 5.74) is 3.47. The molecule has 0 N–H and O–H groups in total. The average Bonchev–Trinajstić information content (AvgIpc) is 3.16. The van der Waals surface area contributed by atoms with Crippen LogP contribution in [-0.2, 0) is 14.3 Å². The lowest BCUT2D eigenvalue weighted by molar-refractivity contribution is -0.153. The number of hydrogen-bond donors (Lipinski definition) is 0. The van der Waals surface area contributed by atoms with Crippen molar-refractivity contribution in [3.8, 4) is 0 Å². The Morgan fingerprint density at radius 2 is 2.00 bits per heavy atom. The largest absolute Gasteiger partial charge is 0.462 e. The van der Waals surface area contributed by atoms with Crippen molar-refractivity contribution in [3.05, 3.63) is 33.7 Å². The molecular formula is C21H25NO3S. The number of allylic oxidation sites excluding steroid dienone is 2. The molecule has 1 unspecified atom stereocenters. The molecular weight excluding hydrogens is 346 g/mol. The molecule has 0 aromatic carbocycles. The van der Waals surface area contributed by atoms with Crippen LogP contribution in [0.15, 0.2) is 33.1 Å². The number of ether oxygens (including phenoxy) is 1. The molecule has 1 fully saturated rings. The second kappa shape index (κ2) is 7.47. The van der Waals surface area contributed by atoms with E-state index >= 15 is 0 Å². The van der Waals surface area contributed by atoms with Gasteiger partial charge in [0.25, 0.3) is 0 Å². The predicted molar refractivity (Wildman–Crippen MR) is 103 cm³/mol. The van der Waals surface area contributed by atoms with Crippen LogP contribution in [0.25, 0.3) is 0 Å². The quantitative estimate of drug-likeness (QED) is 0.717. The van der Waals surface area contributed by atoms with Gasteiger partial charge in [-0.05, 0) is 67.8 Å². The van der Waals surface area contributed by atoms with E-state index in [2.05, 4.69) is 10.4 Å². The van der Waals surface area contributed by atoms with Gasteiger partial charge in [0.1, 0.15) is 12.0 Å². The number of nitrogens with zero attached hydrogens (tertiary/aromatic N) is 1. The van der Waals surface area contributed by atoms with Gasteiger partial charge in [-0.25, -0.2) is 0 Å². The number of carbonyl (C=O) groups is 2. The molecule has 5 heteroatoms. The minimum absolute atomic E-state index is 0.0182. The normalized spacial score (nSPS) is 27.1. The highest BCUT2D eigenvalue weighted by Gasteiger charge is 2.43. The van der Waals surface area contributed by atoms with Crippen LogP contribution >= 0.6 is 11.3 Å². The molecule has 0 amide bonds. The SMILES string of the molecule is CC1=NC2=C(C(=O)CCC2)[C@H](c2ccsc2)C1C(=O)OC1CCCCC1. The second-order valence-corrected chi connectivity index (χ2v) is 8.38. The molecule has 4 nitrogen and oxygen atoms in total. The molecule has 0 bridgehead atoms. The fraction of sp³-hybridized carbons (Fsp3) is 0.571. The molecule has 0 radical (unpaired) electrons. The molecule has 1 aliphatic heterocycles.